The Bertz CT molecular complexity index is 524. The third-order valence-electron chi connectivity index (χ3n) is 2.76. The molecule has 0 radical (unpaired) electrons. The largest absolute Gasteiger partial charge is 0.444 e. The van der Waals surface area contributed by atoms with E-state index in [4.69, 9.17) is 10.00 Å². The van der Waals surface area contributed by atoms with Crippen molar-refractivity contribution in [3.8, 4) is 6.07 Å². The summed E-state index contributed by atoms with van der Waals surface area (Å²) in [4.78, 5) is 13.6. The average Bonchev–Trinajstić information content (AvgIpc) is 2.70. The molecule has 1 aliphatic heterocycles. The van der Waals surface area contributed by atoms with Crippen molar-refractivity contribution < 1.29 is 9.53 Å². The zero-order chi connectivity index (χ0) is 13.3. The smallest absolute Gasteiger partial charge is 0.410 e. The van der Waals surface area contributed by atoms with Crippen LogP contribution in [0.5, 0.6) is 0 Å². The maximum Gasteiger partial charge on any atom is 0.410 e. The monoisotopic (exact) mass is 244 g/mol. The highest BCUT2D eigenvalue weighted by Gasteiger charge is 2.28. The zero-order valence-corrected chi connectivity index (χ0v) is 10.9. The third-order valence-corrected chi connectivity index (χ3v) is 2.76. The predicted molar refractivity (Wildman–Crippen MR) is 66.6 cm³/mol. The minimum absolute atomic E-state index is 0.331. The van der Waals surface area contributed by atoms with Gasteiger partial charge in [-0.2, -0.15) is 5.26 Å². The maximum atomic E-state index is 11.9. The van der Waals surface area contributed by atoms with Crippen LogP contribution in [-0.2, 0) is 17.8 Å². The molecule has 4 nitrogen and oxygen atoms in total. The van der Waals surface area contributed by atoms with Crippen molar-refractivity contribution in [2.24, 2.45) is 0 Å². The number of hydrogen-bond acceptors (Lipinski definition) is 3. The van der Waals surface area contributed by atoms with Gasteiger partial charge in [-0.25, -0.2) is 4.79 Å². The maximum absolute atomic E-state index is 11.9. The van der Waals surface area contributed by atoms with Crippen LogP contribution >= 0.6 is 0 Å². The van der Waals surface area contributed by atoms with Crippen molar-refractivity contribution >= 4 is 6.09 Å². The number of ether oxygens (including phenoxy) is 1. The Morgan fingerprint density at radius 1 is 1.39 bits per heavy atom. The minimum atomic E-state index is -0.496. The fourth-order valence-corrected chi connectivity index (χ4v) is 1.98. The molecule has 1 heterocycles. The fourth-order valence-electron chi connectivity index (χ4n) is 1.98. The molecule has 1 amide bonds. The molecule has 2 rings (SSSR count). The summed E-state index contributed by atoms with van der Waals surface area (Å²) in [6.45, 7) is 6.49. The van der Waals surface area contributed by atoms with Crippen LogP contribution in [0.15, 0.2) is 18.2 Å². The van der Waals surface area contributed by atoms with Gasteiger partial charge in [0.2, 0.25) is 0 Å². The van der Waals surface area contributed by atoms with Gasteiger partial charge in [0.05, 0.1) is 18.2 Å². The highest BCUT2D eigenvalue weighted by Crippen LogP contribution is 2.26. The predicted octanol–water partition coefficient (Wildman–Crippen LogP) is 2.81. The van der Waals surface area contributed by atoms with Gasteiger partial charge in [-0.15, -0.1) is 0 Å². The van der Waals surface area contributed by atoms with Crippen molar-refractivity contribution in [3.63, 3.8) is 0 Å². The molecule has 1 aliphatic rings. The summed E-state index contributed by atoms with van der Waals surface area (Å²) in [7, 11) is 0. The summed E-state index contributed by atoms with van der Waals surface area (Å²) in [6.07, 6.45) is -0.331. The van der Waals surface area contributed by atoms with E-state index in [-0.39, 0.29) is 6.09 Å². The van der Waals surface area contributed by atoms with Crippen LogP contribution in [0.2, 0.25) is 0 Å². The highest BCUT2D eigenvalue weighted by atomic mass is 16.6. The minimum Gasteiger partial charge on any atom is -0.444 e. The van der Waals surface area contributed by atoms with Gasteiger partial charge in [0.25, 0.3) is 0 Å². The second-order valence-electron chi connectivity index (χ2n) is 5.39. The van der Waals surface area contributed by atoms with E-state index in [0.29, 0.717) is 18.7 Å². The first-order valence-electron chi connectivity index (χ1n) is 5.89. The van der Waals surface area contributed by atoms with E-state index >= 15 is 0 Å². The number of hydrogen-bond donors (Lipinski definition) is 0. The van der Waals surface area contributed by atoms with Crippen molar-refractivity contribution in [3.05, 3.63) is 34.9 Å². The van der Waals surface area contributed by atoms with Gasteiger partial charge in [0, 0.05) is 6.54 Å². The van der Waals surface area contributed by atoms with Gasteiger partial charge in [0.15, 0.2) is 0 Å². The number of rotatable bonds is 0. The van der Waals surface area contributed by atoms with E-state index in [1.807, 2.05) is 32.9 Å². The molecule has 0 fully saturated rings. The second-order valence-corrected chi connectivity index (χ2v) is 5.39. The molecular weight excluding hydrogens is 228 g/mol. The molecule has 94 valence electrons. The SMILES string of the molecule is CC(C)(C)OC(=O)N1Cc2cccc(C#N)c2C1. The lowest BCUT2D eigenvalue weighted by Gasteiger charge is -2.24. The van der Waals surface area contributed by atoms with Crippen LogP contribution in [0.4, 0.5) is 4.79 Å². The average molecular weight is 244 g/mol. The van der Waals surface area contributed by atoms with Crippen LogP contribution in [-0.4, -0.2) is 16.6 Å². The first-order valence-corrected chi connectivity index (χ1v) is 5.89. The van der Waals surface area contributed by atoms with Gasteiger partial charge in [-0.05, 0) is 38.0 Å². The molecule has 1 aromatic carbocycles. The first kappa shape index (κ1) is 12.4. The van der Waals surface area contributed by atoms with Crippen molar-refractivity contribution in [2.45, 2.75) is 39.5 Å². The molecule has 1 aromatic rings. The molecule has 4 heteroatoms. The summed E-state index contributed by atoms with van der Waals surface area (Å²) >= 11 is 0. The fraction of sp³-hybridized carbons (Fsp3) is 0.429. The second kappa shape index (κ2) is 4.34. The molecule has 0 aromatic heterocycles. The van der Waals surface area contributed by atoms with Crippen LogP contribution in [0.1, 0.15) is 37.5 Å². The summed E-state index contributed by atoms with van der Waals surface area (Å²) in [5.41, 5.74) is 2.11. The number of carbonyl (C=O) groups excluding carboxylic acids is 1. The van der Waals surface area contributed by atoms with Crippen molar-refractivity contribution in [1.29, 1.82) is 5.26 Å². The number of nitriles is 1. The molecule has 18 heavy (non-hydrogen) atoms. The quantitative estimate of drug-likeness (QED) is 0.705. The van der Waals surface area contributed by atoms with Crippen LogP contribution < -0.4 is 0 Å². The Morgan fingerprint density at radius 3 is 2.72 bits per heavy atom. The van der Waals surface area contributed by atoms with Gasteiger partial charge in [-0.1, -0.05) is 12.1 Å². The molecule has 0 atom stereocenters. The Hall–Kier alpha value is -2.02. The Balaban J connectivity index is 2.16. The van der Waals surface area contributed by atoms with Crippen molar-refractivity contribution in [2.75, 3.05) is 0 Å². The lowest BCUT2D eigenvalue weighted by Crippen LogP contribution is -2.33. The number of nitrogens with zero attached hydrogens (tertiary/aromatic N) is 2. The molecular formula is C14H16N2O2. The Labute approximate surface area is 107 Å². The molecule has 0 N–H and O–H groups in total. The summed E-state index contributed by atoms with van der Waals surface area (Å²) in [5, 5.41) is 9.03. The van der Waals surface area contributed by atoms with Gasteiger partial charge in [0.1, 0.15) is 5.60 Å². The molecule has 0 saturated heterocycles. The summed E-state index contributed by atoms with van der Waals surface area (Å²) < 4.78 is 5.33. The lowest BCUT2D eigenvalue weighted by atomic mass is 10.1. The van der Waals surface area contributed by atoms with Crippen LogP contribution in [0, 0.1) is 11.3 Å². The zero-order valence-electron chi connectivity index (χ0n) is 10.9. The highest BCUT2D eigenvalue weighted by molar-refractivity contribution is 5.69. The molecule has 0 spiro atoms. The topological polar surface area (TPSA) is 53.3 Å². The van der Waals surface area contributed by atoms with Gasteiger partial charge in [-0.3, -0.25) is 4.90 Å². The van der Waals surface area contributed by atoms with Crippen LogP contribution in [0.25, 0.3) is 0 Å². The van der Waals surface area contributed by atoms with E-state index in [0.717, 1.165) is 11.1 Å². The van der Waals surface area contributed by atoms with Gasteiger partial charge < -0.3 is 4.74 Å². The number of fused-ring (bicyclic) bond motifs is 1. The summed E-state index contributed by atoms with van der Waals surface area (Å²) in [6, 6.07) is 7.72. The number of carbonyl (C=O) groups is 1. The standard InChI is InChI=1S/C14H16N2O2/c1-14(2,3)18-13(17)16-8-11-6-4-5-10(7-15)12(11)9-16/h4-6H,8-9H2,1-3H3. The van der Waals surface area contributed by atoms with Gasteiger partial charge >= 0.3 is 6.09 Å². The van der Waals surface area contributed by atoms with E-state index < -0.39 is 5.60 Å². The molecule has 0 unspecified atom stereocenters. The molecule has 0 aliphatic carbocycles. The van der Waals surface area contributed by atoms with Crippen LogP contribution in [0.3, 0.4) is 0 Å². The first-order chi connectivity index (χ1) is 8.40. The number of amides is 1. The molecule has 0 bridgehead atoms. The normalized spacial score (nSPS) is 14.0. The number of benzene rings is 1. The third kappa shape index (κ3) is 2.45. The van der Waals surface area contributed by atoms with E-state index in [1.165, 1.54) is 0 Å². The van der Waals surface area contributed by atoms with E-state index in [9.17, 15) is 4.79 Å². The lowest BCUT2D eigenvalue weighted by molar-refractivity contribution is 0.0242. The van der Waals surface area contributed by atoms with E-state index in [2.05, 4.69) is 6.07 Å². The van der Waals surface area contributed by atoms with E-state index in [1.54, 1.807) is 11.0 Å². The summed E-state index contributed by atoms with van der Waals surface area (Å²) in [5.74, 6) is 0. The Morgan fingerprint density at radius 2 is 2.11 bits per heavy atom. The Kier molecular flexibility index (Phi) is 3.00. The van der Waals surface area contributed by atoms with Crippen molar-refractivity contribution in [1.82, 2.24) is 4.90 Å². The molecule has 0 saturated carbocycles.